The van der Waals surface area contributed by atoms with Crippen LogP contribution in [0, 0.1) is 12.7 Å². The minimum Gasteiger partial charge on any atom is -0.436 e. The summed E-state index contributed by atoms with van der Waals surface area (Å²) >= 11 is 0. The lowest BCUT2D eigenvalue weighted by Crippen LogP contribution is -2.05. The van der Waals surface area contributed by atoms with Gasteiger partial charge >= 0.3 is 0 Å². The number of anilines is 1. The fraction of sp³-hybridized carbons (Fsp3) is 0.286. The van der Waals surface area contributed by atoms with E-state index in [0.717, 1.165) is 18.7 Å². The van der Waals surface area contributed by atoms with E-state index >= 15 is 0 Å². The summed E-state index contributed by atoms with van der Waals surface area (Å²) in [5.41, 5.74) is 0.764. The van der Waals surface area contributed by atoms with E-state index in [1.807, 2.05) is 6.92 Å². The van der Waals surface area contributed by atoms with Crippen LogP contribution in [0.5, 0.6) is 11.6 Å². The van der Waals surface area contributed by atoms with E-state index in [9.17, 15) is 4.39 Å². The van der Waals surface area contributed by atoms with Crippen molar-refractivity contribution in [2.45, 2.75) is 20.3 Å². The first-order valence-corrected chi connectivity index (χ1v) is 6.21. The van der Waals surface area contributed by atoms with Crippen molar-refractivity contribution in [2.75, 3.05) is 11.9 Å². The summed E-state index contributed by atoms with van der Waals surface area (Å²) in [6.07, 6.45) is 0.973. The van der Waals surface area contributed by atoms with Crippen molar-refractivity contribution in [3.63, 3.8) is 0 Å². The maximum Gasteiger partial charge on any atom is 0.226 e. The number of hydrogen-bond acceptors (Lipinski definition) is 4. The lowest BCUT2D eigenvalue weighted by atomic mass is 10.3. The molecule has 0 fully saturated rings. The van der Waals surface area contributed by atoms with Crippen LogP contribution in [0.4, 0.5) is 10.3 Å². The van der Waals surface area contributed by atoms with E-state index in [4.69, 9.17) is 4.74 Å². The second kappa shape index (κ2) is 6.13. The largest absolute Gasteiger partial charge is 0.436 e. The van der Waals surface area contributed by atoms with Crippen LogP contribution in [0.3, 0.4) is 0 Å². The van der Waals surface area contributed by atoms with Crippen molar-refractivity contribution < 1.29 is 9.13 Å². The van der Waals surface area contributed by atoms with Gasteiger partial charge in [-0.25, -0.2) is 9.37 Å². The molecule has 0 aliphatic carbocycles. The first-order valence-electron chi connectivity index (χ1n) is 6.21. The molecule has 0 aliphatic heterocycles. The highest BCUT2D eigenvalue weighted by Crippen LogP contribution is 2.23. The van der Waals surface area contributed by atoms with Gasteiger partial charge in [-0.05, 0) is 25.5 Å². The molecular formula is C14H16FN3O. The monoisotopic (exact) mass is 261 g/mol. The Hall–Kier alpha value is -2.17. The SMILES string of the molecule is CCCNc1nc(C)cc(Oc2ccccc2F)n1. The molecule has 0 bridgehead atoms. The molecule has 1 aromatic heterocycles. The second-order valence-electron chi connectivity index (χ2n) is 4.13. The number of para-hydroxylation sites is 1. The molecule has 0 unspecified atom stereocenters. The molecule has 0 spiro atoms. The van der Waals surface area contributed by atoms with Gasteiger partial charge < -0.3 is 10.1 Å². The summed E-state index contributed by atoms with van der Waals surface area (Å²) in [6.45, 7) is 4.68. The predicted molar refractivity (Wildman–Crippen MR) is 72.0 cm³/mol. The lowest BCUT2D eigenvalue weighted by molar-refractivity contribution is 0.426. The van der Waals surface area contributed by atoms with E-state index in [1.165, 1.54) is 6.07 Å². The molecule has 0 atom stereocenters. The van der Waals surface area contributed by atoms with Crippen molar-refractivity contribution in [1.82, 2.24) is 9.97 Å². The van der Waals surface area contributed by atoms with Gasteiger partial charge in [-0.2, -0.15) is 4.98 Å². The maximum atomic E-state index is 13.5. The fourth-order valence-electron chi connectivity index (χ4n) is 1.55. The zero-order valence-corrected chi connectivity index (χ0v) is 11.0. The van der Waals surface area contributed by atoms with E-state index in [-0.39, 0.29) is 5.75 Å². The zero-order valence-electron chi connectivity index (χ0n) is 11.0. The molecule has 1 N–H and O–H groups in total. The predicted octanol–water partition coefficient (Wildman–Crippen LogP) is 3.54. The molecule has 100 valence electrons. The molecule has 2 rings (SSSR count). The summed E-state index contributed by atoms with van der Waals surface area (Å²) < 4.78 is 18.9. The number of ether oxygens (including phenoxy) is 1. The summed E-state index contributed by atoms with van der Waals surface area (Å²) in [5, 5.41) is 3.08. The van der Waals surface area contributed by atoms with Crippen molar-refractivity contribution >= 4 is 5.95 Å². The van der Waals surface area contributed by atoms with Gasteiger partial charge in [-0.1, -0.05) is 19.1 Å². The maximum absolute atomic E-state index is 13.5. The van der Waals surface area contributed by atoms with Crippen LogP contribution in [0.25, 0.3) is 0 Å². The van der Waals surface area contributed by atoms with Gasteiger partial charge in [-0.15, -0.1) is 0 Å². The molecule has 4 nitrogen and oxygen atoms in total. The number of rotatable bonds is 5. The topological polar surface area (TPSA) is 47.0 Å². The van der Waals surface area contributed by atoms with Crippen LogP contribution in [-0.2, 0) is 0 Å². The molecule has 5 heteroatoms. The number of nitrogens with zero attached hydrogens (tertiary/aromatic N) is 2. The zero-order chi connectivity index (χ0) is 13.7. The lowest BCUT2D eigenvalue weighted by Gasteiger charge is -2.09. The third-order valence-corrected chi connectivity index (χ3v) is 2.42. The fourth-order valence-corrected chi connectivity index (χ4v) is 1.55. The minimum atomic E-state index is -0.415. The number of benzene rings is 1. The van der Waals surface area contributed by atoms with E-state index in [0.29, 0.717) is 11.8 Å². The molecule has 2 aromatic rings. The first-order chi connectivity index (χ1) is 9.19. The van der Waals surface area contributed by atoms with Crippen LogP contribution in [0.15, 0.2) is 30.3 Å². The van der Waals surface area contributed by atoms with Crippen LogP contribution in [-0.4, -0.2) is 16.5 Å². The second-order valence-corrected chi connectivity index (χ2v) is 4.13. The number of aryl methyl sites for hydroxylation is 1. The van der Waals surface area contributed by atoms with Gasteiger partial charge in [0.15, 0.2) is 11.6 Å². The highest BCUT2D eigenvalue weighted by atomic mass is 19.1. The molecule has 0 amide bonds. The first kappa shape index (κ1) is 13.3. The van der Waals surface area contributed by atoms with Crippen LogP contribution in [0.2, 0.25) is 0 Å². The van der Waals surface area contributed by atoms with E-state index in [2.05, 4.69) is 22.2 Å². The Bertz CT molecular complexity index is 560. The summed E-state index contributed by atoms with van der Waals surface area (Å²) in [7, 11) is 0. The summed E-state index contributed by atoms with van der Waals surface area (Å²) in [6, 6.07) is 7.90. The van der Waals surface area contributed by atoms with Crippen molar-refractivity contribution in [3.05, 3.63) is 41.8 Å². The number of hydrogen-bond donors (Lipinski definition) is 1. The molecule has 0 aliphatic rings. The normalized spacial score (nSPS) is 10.3. The number of halogens is 1. The third-order valence-electron chi connectivity index (χ3n) is 2.42. The molecular weight excluding hydrogens is 245 g/mol. The van der Waals surface area contributed by atoms with E-state index in [1.54, 1.807) is 24.3 Å². The van der Waals surface area contributed by atoms with Crippen molar-refractivity contribution in [2.24, 2.45) is 0 Å². The van der Waals surface area contributed by atoms with Crippen LogP contribution in [0.1, 0.15) is 19.0 Å². The van der Waals surface area contributed by atoms with Gasteiger partial charge in [0.25, 0.3) is 0 Å². The Kier molecular flexibility index (Phi) is 4.28. The molecule has 0 saturated carbocycles. The van der Waals surface area contributed by atoms with Gasteiger partial charge in [-0.3, -0.25) is 0 Å². The smallest absolute Gasteiger partial charge is 0.226 e. The Morgan fingerprint density at radius 2 is 2.05 bits per heavy atom. The molecule has 0 radical (unpaired) electrons. The summed E-state index contributed by atoms with van der Waals surface area (Å²) in [4.78, 5) is 8.44. The Morgan fingerprint density at radius 1 is 1.26 bits per heavy atom. The summed E-state index contributed by atoms with van der Waals surface area (Å²) in [5.74, 6) is 0.563. The quantitative estimate of drug-likeness (QED) is 0.894. The number of aromatic nitrogens is 2. The average Bonchev–Trinajstić information content (AvgIpc) is 2.38. The molecule has 1 aromatic carbocycles. The Morgan fingerprint density at radius 3 is 2.79 bits per heavy atom. The van der Waals surface area contributed by atoms with Gasteiger partial charge in [0.1, 0.15) is 0 Å². The highest BCUT2D eigenvalue weighted by Gasteiger charge is 2.07. The highest BCUT2D eigenvalue weighted by molar-refractivity contribution is 5.34. The third kappa shape index (κ3) is 3.64. The van der Waals surface area contributed by atoms with Gasteiger partial charge in [0.2, 0.25) is 11.8 Å². The van der Waals surface area contributed by atoms with E-state index < -0.39 is 5.82 Å². The van der Waals surface area contributed by atoms with Crippen LogP contribution < -0.4 is 10.1 Å². The molecule has 0 saturated heterocycles. The Balaban J connectivity index is 2.20. The van der Waals surface area contributed by atoms with Crippen LogP contribution >= 0.6 is 0 Å². The molecule has 1 heterocycles. The average molecular weight is 261 g/mol. The van der Waals surface area contributed by atoms with Gasteiger partial charge in [0, 0.05) is 18.3 Å². The minimum absolute atomic E-state index is 0.155. The Labute approximate surface area is 111 Å². The van der Waals surface area contributed by atoms with Crippen molar-refractivity contribution in [1.29, 1.82) is 0 Å². The van der Waals surface area contributed by atoms with Gasteiger partial charge in [0.05, 0.1) is 0 Å². The number of nitrogens with one attached hydrogen (secondary N) is 1. The molecule has 19 heavy (non-hydrogen) atoms. The standard InChI is InChI=1S/C14H16FN3O/c1-3-8-16-14-17-10(2)9-13(18-14)19-12-7-5-4-6-11(12)15/h4-7,9H,3,8H2,1-2H3,(H,16,17,18). The van der Waals surface area contributed by atoms with Crippen molar-refractivity contribution in [3.8, 4) is 11.6 Å².